The number of benzene rings is 2. The van der Waals surface area contributed by atoms with Crippen molar-refractivity contribution in [3.63, 3.8) is 0 Å². The molecule has 10 nitrogen and oxygen atoms in total. The number of sulfonamides is 1. The average Bonchev–Trinajstić information content (AvgIpc) is 3.63. The summed E-state index contributed by atoms with van der Waals surface area (Å²) in [6.07, 6.45) is 6.16. The van der Waals surface area contributed by atoms with Crippen molar-refractivity contribution in [3.05, 3.63) is 101 Å². The van der Waals surface area contributed by atoms with Crippen LogP contribution in [0.25, 0.3) is 0 Å². The van der Waals surface area contributed by atoms with E-state index in [1.807, 2.05) is 35.9 Å². The van der Waals surface area contributed by atoms with Crippen LogP contribution < -0.4 is 4.72 Å². The summed E-state index contributed by atoms with van der Waals surface area (Å²) in [4.78, 5) is 41.5. The standard InChI is InChI=1S/C34H40N6O4S/c1-24-31(25(2)37-23-36-24)33(42)40-21-27-19-38(20-28(27)22-40)15-12-34(29-9-5-4-6-10-29)13-16-39(17-14-34)32(41)26-8-7-11-30(18-26)45(43,44)35-3/h4-11,18,21,23,28,35H,12-17,19-20,22H2,1-3H3. The van der Waals surface area contributed by atoms with Gasteiger partial charge in [0.2, 0.25) is 10.0 Å². The van der Waals surface area contributed by atoms with Gasteiger partial charge in [-0.2, -0.15) is 0 Å². The maximum absolute atomic E-state index is 13.5. The number of hydrogen-bond acceptors (Lipinski definition) is 7. The maximum atomic E-state index is 13.5. The summed E-state index contributed by atoms with van der Waals surface area (Å²) in [5.41, 5.74) is 4.92. The largest absolute Gasteiger partial charge is 0.339 e. The lowest BCUT2D eigenvalue weighted by molar-refractivity contribution is 0.0650. The van der Waals surface area contributed by atoms with Crippen molar-refractivity contribution in [2.75, 3.05) is 46.3 Å². The van der Waals surface area contributed by atoms with E-state index >= 15 is 0 Å². The molecule has 0 bridgehead atoms. The summed E-state index contributed by atoms with van der Waals surface area (Å²) < 4.78 is 26.9. The summed E-state index contributed by atoms with van der Waals surface area (Å²) in [6, 6.07) is 16.9. The number of nitrogens with one attached hydrogen (secondary N) is 1. The first-order valence-electron chi connectivity index (χ1n) is 15.5. The molecule has 236 valence electrons. The lowest BCUT2D eigenvalue weighted by Gasteiger charge is -2.43. The van der Waals surface area contributed by atoms with E-state index in [4.69, 9.17) is 0 Å². The Kier molecular flexibility index (Phi) is 8.60. The number of fused-ring (bicyclic) bond motifs is 1. The van der Waals surface area contributed by atoms with Crippen molar-refractivity contribution < 1.29 is 18.0 Å². The monoisotopic (exact) mass is 628 g/mol. The number of aromatic nitrogens is 2. The highest BCUT2D eigenvalue weighted by Gasteiger charge is 2.40. The predicted molar refractivity (Wildman–Crippen MR) is 171 cm³/mol. The van der Waals surface area contributed by atoms with Crippen LogP contribution in [0.15, 0.2) is 77.6 Å². The van der Waals surface area contributed by atoms with Crippen LogP contribution in [0.3, 0.4) is 0 Å². The van der Waals surface area contributed by atoms with Gasteiger partial charge in [0.05, 0.1) is 21.8 Å². The van der Waals surface area contributed by atoms with E-state index < -0.39 is 10.0 Å². The van der Waals surface area contributed by atoms with Gasteiger partial charge in [0.1, 0.15) is 6.33 Å². The van der Waals surface area contributed by atoms with Crippen molar-refractivity contribution in [2.45, 2.75) is 43.4 Å². The zero-order chi connectivity index (χ0) is 31.8. The number of carbonyl (C=O) groups excluding carboxylic acids is 2. The Bertz CT molecular complexity index is 1710. The molecule has 2 fully saturated rings. The van der Waals surface area contributed by atoms with Gasteiger partial charge < -0.3 is 9.80 Å². The smallest absolute Gasteiger partial charge is 0.261 e. The van der Waals surface area contributed by atoms with Gasteiger partial charge in [-0.05, 0) is 81.5 Å². The number of hydrogen-bond donors (Lipinski definition) is 1. The lowest BCUT2D eigenvalue weighted by atomic mass is 9.70. The van der Waals surface area contributed by atoms with Crippen LogP contribution >= 0.6 is 0 Å². The van der Waals surface area contributed by atoms with Gasteiger partial charge in [-0.15, -0.1) is 0 Å². The second kappa shape index (κ2) is 12.5. The Hall–Kier alpha value is -3.93. The summed E-state index contributed by atoms with van der Waals surface area (Å²) >= 11 is 0. The molecular formula is C34H40N6O4S. The molecule has 1 atom stereocenters. The summed E-state index contributed by atoms with van der Waals surface area (Å²) in [7, 11) is -2.28. The fourth-order valence-corrected chi connectivity index (χ4v) is 7.91. The zero-order valence-electron chi connectivity index (χ0n) is 26.1. The molecule has 1 unspecified atom stereocenters. The van der Waals surface area contributed by atoms with Crippen LogP contribution in [0.2, 0.25) is 0 Å². The molecule has 3 aliphatic heterocycles. The van der Waals surface area contributed by atoms with Crippen LogP contribution in [0.4, 0.5) is 0 Å². The molecule has 0 radical (unpaired) electrons. The van der Waals surface area contributed by atoms with Gasteiger partial charge in [0, 0.05) is 50.4 Å². The van der Waals surface area contributed by atoms with Crippen molar-refractivity contribution in [1.29, 1.82) is 0 Å². The molecule has 1 aromatic heterocycles. The van der Waals surface area contributed by atoms with E-state index in [9.17, 15) is 18.0 Å². The van der Waals surface area contributed by atoms with Gasteiger partial charge in [0.15, 0.2) is 0 Å². The molecule has 2 aromatic carbocycles. The van der Waals surface area contributed by atoms with E-state index in [-0.39, 0.29) is 22.1 Å². The minimum Gasteiger partial charge on any atom is -0.339 e. The minimum atomic E-state index is -3.64. The Labute approximate surface area is 265 Å². The fraction of sp³-hybridized carbons (Fsp3) is 0.412. The van der Waals surface area contributed by atoms with Gasteiger partial charge >= 0.3 is 0 Å². The van der Waals surface area contributed by atoms with Gasteiger partial charge in [0.25, 0.3) is 11.8 Å². The normalized spacial score (nSPS) is 19.8. The third-order valence-electron chi connectivity index (χ3n) is 9.81. The molecular weight excluding hydrogens is 588 g/mol. The molecule has 3 aromatic rings. The average molecular weight is 629 g/mol. The van der Waals surface area contributed by atoms with E-state index in [1.165, 1.54) is 36.6 Å². The van der Waals surface area contributed by atoms with Crippen LogP contribution in [0, 0.1) is 19.8 Å². The Morgan fingerprint density at radius 2 is 1.67 bits per heavy atom. The molecule has 11 heteroatoms. The van der Waals surface area contributed by atoms with E-state index in [2.05, 4.69) is 43.9 Å². The topological polar surface area (TPSA) is 116 Å². The number of nitrogens with zero attached hydrogens (tertiary/aromatic N) is 5. The molecule has 45 heavy (non-hydrogen) atoms. The van der Waals surface area contributed by atoms with Crippen molar-refractivity contribution in [1.82, 2.24) is 29.4 Å². The molecule has 4 heterocycles. The van der Waals surface area contributed by atoms with Crippen molar-refractivity contribution in [3.8, 4) is 0 Å². The Morgan fingerprint density at radius 3 is 2.33 bits per heavy atom. The molecule has 3 aliphatic rings. The third-order valence-corrected chi connectivity index (χ3v) is 11.2. The van der Waals surface area contributed by atoms with Crippen LogP contribution in [0.1, 0.15) is 56.9 Å². The first-order chi connectivity index (χ1) is 21.6. The van der Waals surface area contributed by atoms with Gasteiger partial charge in [-0.3, -0.25) is 14.5 Å². The molecule has 0 saturated carbocycles. The predicted octanol–water partition coefficient (Wildman–Crippen LogP) is 3.54. The second-order valence-electron chi connectivity index (χ2n) is 12.4. The summed E-state index contributed by atoms with van der Waals surface area (Å²) in [5, 5.41) is 0. The van der Waals surface area contributed by atoms with Crippen LogP contribution in [-0.4, -0.2) is 91.2 Å². The first kappa shape index (κ1) is 31.1. The zero-order valence-corrected chi connectivity index (χ0v) is 26.9. The molecule has 6 rings (SSSR count). The number of amides is 2. The van der Waals surface area contributed by atoms with Gasteiger partial charge in [-0.25, -0.2) is 23.1 Å². The summed E-state index contributed by atoms with van der Waals surface area (Å²) in [6.45, 7) is 8.28. The van der Waals surface area contributed by atoms with Crippen molar-refractivity contribution in [2.24, 2.45) is 5.92 Å². The van der Waals surface area contributed by atoms with Crippen LogP contribution in [-0.2, 0) is 15.4 Å². The number of aryl methyl sites for hydroxylation is 2. The van der Waals surface area contributed by atoms with E-state index in [0.717, 1.165) is 38.9 Å². The van der Waals surface area contributed by atoms with Crippen LogP contribution in [0.5, 0.6) is 0 Å². The molecule has 0 spiro atoms. The minimum absolute atomic E-state index is 0.0289. The van der Waals surface area contributed by atoms with Gasteiger partial charge in [-0.1, -0.05) is 36.4 Å². The third kappa shape index (κ3) is 6.16. The number of piperidine rings is 1. The highest BCUT2D eigenvalue weighted by Crippen LogP contribution is 2.40. The van der Waals surface area contributed by atoms with Crippen molar-refractivity contribution >= 4 is 21.8 Å². The number of carbonyl (C=O) groups is 2. The highest BCUT2D eigenvalue weighted by molar-refractivity contribution is 7.89. The molecule has 2 amide bonds. The fourth-order valence-electron chi connectivity index (χ4n) is 7.13. The quantitative estimate of drug-likeness (QED) is 0.406. The Morgan fingerprint density at radius 1 is 0.956 bits per heavy atom. The van der Waals surface area contributed by atoms with E-state index in [0.29, 0.717) is 48.1 Å². The number of likely N-dealkylation sites (tertiary alicyclic amines) is 2. The van der Waals surface area contributed by atoms with E-state index in [1.54, 1.807) is 12.1 Å². The summed E-state index contributed by atoms with van der Waals surface area (Å²) in [5.74, 6) is 0.156. The lowest BCUT2D eigenvalue weighted by Crippen LogP contribution is -2.46. The Balaban J connectivity index is 1.11. The first-order valence-corrected chi connectivity index (χ1v) is 17.0. The second-order valence-corrected chi connectivity index (χ2v) is 14.3. The number of rotatable bonds is 8. The maximum Gasteiger partial charge on any atom is 0.261 e. The molecule has 0 aliphatic carbocycles. The SMILES string of the molecule is CNS(=O)(=O)c1cccc(C(=O)N2CCC(CCN3CC4=CN(C(=O)c5c(C)ncnc5C)CC4C3)(c3ccccc3)CC2)c1. The highest BCUT2D eigenvalue weighted by atomic mass is 32.2. The molecule has 1 N–H and O–H groups in total. The molecule has 2 saturated heterocycles.